The average molecular weight is 131 g/mol. The first-order valence-electron chi connectivity index (χ1n) is 3.20. The molecule has 0 aromatic rings. The molecule has 0 aromatic carbocycles. The highest BCUT2D eigenvalue weighted by atomic mass is 28.2. The third-order valence-corrected chi connectivity index (χ3v) is 2.45. The molecule has 0 fully saturated rings. The van der Waals surface area contributed by atoms with Crippen LogP contribution < -0.4 is 0 Å². The van der Waals surface area contributed by atoms with Crippen LogP contribution >= 0.6 is 0 Å². The van der Waals surface area contributed by atoms with Crippen LogP contribution in [0.25, 0.3) is 0 Å². The molecule has 49 valence electrons. The van der Waals surface area contributed by atoms with Crippen LogP contribution in [0.1, 0.15) is 33.6 Å². The summed E-state index contributed by atoms with van der Waals surface area (Å²) in [5, 5.41) is 0.175. The highest BCUT2D eigenvalue weighted by Crippen LogP contribution is 2.27. The van der Waals surface area contributed by atoms with Gasteiger partial charge in [-0.2, -0.15) is 0 Å². The molecule has 0 saturated heterocycles. The standard InChI is InChI=1S/C6H15OSi/c1-4-5-6(2,3)8-7/h4-5,8H2,1-3H3. The third kappa shape index (κ3) is 3.21. The maximum absolute atomic E-state index is 10.5. The van der Waals surface area contributed by atoms with Gasteiger partial charge in [0.05, 0.1) is 0 Å². The second-order valence-electron chi connectivity index (χ2n) is 3.06. The van der Waals surface area contributed by atoms with Gasteiger partial charge in [-0.15, -0.1) is 0 Å². The lowest BCUT2D eigenvalue weighted by molar-refractivity contribution is 0.420. The minimum atomic E-state index is -1.02. The summed E-state index contributed by atoms with van der Waals surface area (Å²) in [5.74, 6) is 0. The van der Waals surface area contributed by atoms with E-state index < -0.39 is 9.76 Å². The smallest absolute Gasteiger partial charge is 0.212 e. The lowest BCUT2D eigenvalue weighted by Crippen LogP contribution is -2.10. The third-order valence-electron chi connectivity index (χ3n) is 1.32. The predicted molar refractivity (Wildman–Crippen MR) is 38.2 cm³/mol. The van der Waals surface area contributed by atoms with Crippen LogP contribution in [0.15, 0.2) is 0 Å². The fourth-order valence-corrected chi connectivity index (χ4v) is 1.25. The minimum Gasteiger partial charge on any atom is -0.306 e. The van der Waals surface area contributed by atoms with Crippen LogP contribution in [-0.4, -0.2) is 9.76 Å². The van der Waals surface area contributed by atoms with Crippen molar-refractivity contribution in [2.75, 3.05) is 0 Å². The van der Waals surface area contributed by atoms with Crippen LogP contribution in [0.5, 0.6) is 0 Å². The molecular formula is C6H15OSi. The van der Waals surface area contributed by atoms with Gasteiger partial charge >= 0.3 is 0 Å². The van der Waals surface area contributed by atoms with E-state index in [4.69, 9.17) is 0 Å². The zero-order chi connectivity index (χ0) is 6.62. The Morgan fingerprint density at radius 3 is 2.12 bits per heavy atom. The van der Waals surface area contributed by atoms with E-state index in [2.05, 4.69) is 20.8 Å². The fourth-order valence-electron chi connectivity index (χ4n) is 0.749. The molecule has 0 N–H and O–H groups in total. The molecule has 0 aliphatic heterocycles. The first kappa shape index (κ1) is 8.18. The summed E-state index contributed by atoms with van der Waals surface area (Å²) in [7, 11) is -1.02. The second-order valence-corrected chi connectivity index (χ2v) is 5.26. The van der Waals surface area contributed by atoms with E-state index in [0.717, 1.165) is 12.8 Å². The molecule has 0 aromatic heterocycles. The zero-order valence-corrected chi connectivity index (χ0v) is 7.44. The Hall–Kier alpha value is 0.177. The van der Waals surface area contributed by atoms with E-state index in [0.29, 0.717) is 0 Å². The molecule has 0 rings (SSSR count). The van der Waals surface area contributed by atoms with Crippen molar-refractivity contribution >= 4 is 9.76 Å². The molecule has 0 unspecified atom stereocenters. The Kier molecular flexibility index (Phi) is 3.32. The molecule has 0 aliphatic rings. The molecule has 2 heteroatoms. The molecule has 0 spiro atoms. The van der Waals surface area contributed by atoms with Crippen molar-refractivity contribution in [3.63, 3.8) is 0 Å². The first-order valence-corrected chi connectivity index (χ1v) is 4.49. The molecule has 0 amide bonds. The van der Waals surface area contributed by atoms with Gasteiger partial charge in [0.25, 0.3) is 0 Å². The van der Waals surface area contributed by atoms with Crippen molar-refractivity contribution < 1.29 is 4.80 Å². The van der Waals surface area contributed by atoms with Gasteiger partial charge in [0.2, 0.25) is 9.76 Å². The SMILES string of the molecule is CCCC(C)(C)[SiH2][O]. The predicted octanol–water partition coefficient (Wildman–Crippen LogP) is 1.50. The average Bonchev–Trinajstić information content (AvgIpc) is 1.67. The molecule has 0 aliphatic carbocycles. The van der Waals surface area contributed by atoms with E-state index >= 15 is 0 Å². The Morgan fingerprint density at radius 2 is 2.00 bits per heavy atom. The molecule has 0 atom stereocenters. The van der Waals surface area contributed by atoms with Crippen molar-refractivity contribution in [2.45, 2.75) is 38.7 Å². The van der Waals surface area contributed by atoms with E-state index in [1.165, 1.54) is 0 Å². The summed E-state index contributed by atoms with van der Waals surface area (Å²) < 4.78 is 0. The lowest BCUT2D eigenvalue weighted by atomic mass is 10.1. The van der Waals surface area contributed by atoms with Gasteiger partial charge < -0.3 is 4.80 Å². The minimum absolute atomic E-state index is 0.175. The van der Waals surface area contributed by atoms with Gasteiger partial charge in [-0.05, 0) is 11.5 Å². The molecule has 1 radical (unpaired) electrons. The highest BCUT2D eigenvalue weighted by molar-refractivity contribution is 6.29. The molecule has 0 bridgehead atoms. The normalized spacial score (nSPS) is 13.5. The molecule has 0 heterocycles. The van der Waals surface area contributed by atoms with Crippen molar-refractivity contribution in [3.8, 4) is 0 Å². The van der Waals surface area contributed by atoms with Gasteiger partial charge in [0, 0.05) is 0 Å². The number of rotatable bonds is 3. The second kappa shape index (κ2) is 3.25. The first-order chi connectivity index (χ1) is 3.62. The summed E-state index contributed by atoms with van der Waals surface area (Å²) in [6, 6.07) is 0. The van der Waals surface area contributed by atoms with Crippen molar-refractivity contribution in [1.82, 2.24) is 0 Å². The van der Waals surface area contributed by atoms with E-state index in [1.807, 2.05) is 0 Å². The summed E-state index contributed by atoms with van der Waals surface area (Å²) in [5.41, 5.74) is 0. The maximum Gasteiger partial charge on any atom is 0.212 e. The number of hydrogen-bond donors (Lipinski definition) is 0. The van der Waals surface area contributed by atoms with E-state index in [-0.39, 0.29) is 5.04 Å². The summed E-state index contributed by atoms with van der Waals surface area (Å²) in [6.45, 7) is 6.29. The molecule has 0 saturated carbocycles. The van der Waals surface area contributed by atoms with Crippen LogP contribution in [0.2, 0.25) is 5.04 Å². The van der Waals surface area contributed by atoms with Crippen molar-refractivity contribution in [2.24, 2.45) is 0 Å². The zero-order valence-electron chi connectivity index (χ0n) is 6.03. The molecular weight excluding hydrogens is 116 g/mol. The quantitative estimate of drug-likeness (QED) is 0.517. The van der Waals surface area contributed by atoms with Crippen LogP contribution in [0.4, 0.5) is 0 Å². The van der Waals surface area contributed by atoms with Gasteiger partial charge in [-0.1, -0.05) is 27.2 Å². The Labute approximate surface area is 54.1 Å². The van der Waals surface area contributed by atoms with Crippen LogP contribution in [-0.2, 0) is 4.80 Å². The molecule has 8 heavy (non-hydrogen) atoms. The summed E-state index contributed by atoms with van der Waals surface area (Å²) in [4.78, 5) is 10.5. The summed E-state index contributed by atoms with van der Waals surface area (Å²) in [6.07, 6.45) is 2.27. The Balaban J connectivity index is 3.37. The van der Waals surface area contributed by atoms with Gasteiger partial charge in [-0.25, -0.2) is 0 Å². The monoisotopic (exact) mass is 131 g/mol. The van der Waals surface area contributed by atoms with E-state index in [1.54, 1.807) is 0 Å². The summed E-state index contributed by atoms with van der Waals surface area (Å²) >= 11 is 0. The van der Waals surface area contributed by atoms with Crippen LogP contribution in [0, 0.1) is 0 Å². The Morgan fingerprint density at radius 1 is 1.50 bits per heavy atom. The topological polar surface area (TPSA) is 19.9 Å². The van der Waals surface area contributed by atoms with Gasteiger partial charge in [0.15, 0.2) is 0 Å². The van der Waals surface area contributed by atoms with Gasteiger partial charge in [0.1, 0.15) is 0 Å². The fraction of sp³-hybridized carbons (Fsp3) is 1.00. The number of hydrogen-bond acceptors (Lipinski definition) is 0. The largest absolute Gasteiger partial charge is 0.306 e. The van der Waals surface area contributed by atoms with Crippen LogP contribution in [0.3, 0.4) is 0 Å². The van der Waals surface area contributed by atoms with Crippen molar-refractivity contribution in [3.05, 3.63) is 0 Å². The lowest BCUT2D eigenvalue weighted by Gasteiger charge is -2.17. The maximum atomic E-state index is 10.5. The molecule has 1 nitrogen and oxygen atoms in total. The van der Waals surface area contributed by atoms with E-state index in [9.17, 15) is 4.80 Å². The van der Waals surface area contributed by atoms with Crippen molar-refractivity contribution in [1.29, 1.82) is 0 Å². The van der Waals surface area contributed by atoms with Gasteiger partial charge in [-0.3, -0.25) is 0 Å². The Bertz CT molecular complexity index is 61.5. The highest BCUT2D eigenvalue weighted by Gasteiger charge is 2.15.